The van der Waals surface area contributed by atoms with Gasteiger partial charge in [0.1, 0.15) is 11.6 Å². The molecule has 0 aromatic heterocycles. The quantitative estimate of drug-likeness (QED) is 0.821. The van der Waals surface area contributed by atoms with E-state index in [9.17, 15) is 4.39 Å². The number of halogens is 1. The standard InChI is InChI=1S/C19H19FN2OS/c1-24-11-10-19-22-17(15-4-2-3-5-18(15)23-19)12-16(21-22)13-6-8-14(20)9-7-13/h2-9,17,19H,10-12H2,1H3. The first kappa shape index (κ1) is 15.5. The Kier molecular flexibility index (Phi) is 4.19. The van der Waals surface area contributed by atoms with Gasteiger partial charge in [-0.2, -0.15) is 16.9 Å². The van der Waals surface area contributed by atoms with Crippen LogP contribution in [-0.2, 0) is 0 Å². The molecule has 124 valence electrons. The second kappa shape index (κ2) is 6.48. The lowest BCUT2D eigenvalue weighted by atomic mass is 9.96. The lowest BCUT2D eigenvalue weighted by Crippen LogP contribution is -2.40. The van der Waals surface area contributed by atoms with Crippen LogP contribution in [0.1, 0.15) is 30.0 Å². The topological polar surface area (TPSA) is 24.8 Å². The van der Waals surface area contributed by atoms with Gasteiger partial charge in [0.05, 0.1) is 11.8 Å². The van der Waals surface area contributed by atoms with E-state index < -0.39 is 0 Å². The second-order valence-electron chi connectivity index (χ2n) is 6.05. The molecule has 0 fully saturated rings. The van der Waals surface area contributed by atoms with Crippen LogP contribution in [0.3, 0.4) is 0 Å². The number of ether oxygens (including phenoxy) is 1. The van der Waals surface area contributed by atoms with Crippen molar-refractivity contribution in [1.29, 1.82) is 0 Å². The number of hydrogen-bond donors (Lipinski definition) is 0. The molecule has 4 rings (SSSR count). The van der Waals surface area contributed by atoms with Crippen LogP contribution in [0.15, 0.2) is 53.6 Å². The second-order valence-corrected chi connectivity index (χ2v) is 7.03. The third-order valence-electron chi connectivity index (χ3n) is 4.52. The summed E-state index contributed by atoms with van der Waals surface area (Å²) in [7, 11) is 0. The molecular weight excluding hydrogens is 323 g/mol. The Balaban J connectivity index is 1.68. The third-order valence-corrected chi connectivity index (χ3v) is 5.17. The fourth-order valence-corrected chi connectivity index (χ4v) is 3.77. The van der Waals surface area contributed by atoms with Crippen LogP contribution in [0.25, 0.3) is 0 Å². The molecule has 0 spiro atoms. The molecule has 0 N–H and O–H groups in total. The van der Waals surface area contributed by atoms with E-state index in [2.05, 4.69) is 17.3 Å². The summed E-state index contributed by atoms with van der Waals surface area (Å²) >= 11 is 1.81. The minimum atomic E-state index is -0.221. The molecule has 2 unspecified atom stereocenters. The van der Waals surface area contributed by atoms with Gasteiger partial charge in [0.25, 0.3) is 0 Å². The van der Waals surface area contributed by atoms with Crippen LogP contribution in [0, 0.1) is 5.82 Å². The molecule has 2 heterocycles. The van der Waals surface area contributed by atoms with Crippen molar-refractivity contribution in [3.8, 4) is 5.75 Å². The molecule has 0 bridgehead atoms. The summed E-state index contributed by atoms with van der Waals surface area (Å²) in [4.78, 5) is 0. The monoisotopic (exact) mass is 342 g/mol. The number of fused-ring (bicyclic) bond motifs is 3. The number of thioether (sulfide) groups is 1. The fourth-order valence-electron chi connectivity index (χ4n) is 3.34. The summed E-state index contributed by atoms with van der Waals surface area (Å²) in [6.45, 7) is 0. The Morgan fingerprint density at radius 1 is 1.21 bits per heavy atom. The highest BCUT2D eigenvalue weighted by atomic mass is 32.2. The van der Waals surface area contributed by atoms with E-state index >= 15 is 0 Å². The van der Waals surface area contributed by atoms with E-state index in [0.717, 1.165) is 35.6 Å². The van der Waals surface area contributed by atoms with Crippen LogP contribution < -0.4 is 4.74 Å². The first-order valence-corrected chi connectivity index (χ1v) is 9.52. The van der Waals surface area contributed by atoms with E-state index in [0.29, 0.717) is 0 Å². The molecular formula is C19H19FN2OS. The number of hydrogen-bond acceptors (Lipinski definition) is 4. The molecule has 2 atom stereocenters. The van der Waals surface area contributed by atoms with Crippen LogP contribution in [0.5, 0.6) is 5.75 Å². The average Bonchev–Trinajstić information content (AvgIpc) is 3.06. The number of rotatable bonds is 4. The van der Waals surface area contributed by atoms with Gasteiger partial charge >= 0.3 is 0 Å². The number of para-hydroxylation sites is 1. The Morgan fingerprint density at radius 3 is 2.79 bits per heavy atom. The van der Waals surface area contributed by atoms with Gasteiger partial charge in [0, 0.05) is 18.4 Å². The molecule has 0 aliphatic carbocycles. The minimum Gasteiger partial charge on any atom is -0.469 e. The van der Waals surface area contributed by atoms with Crippen molar-refractivity contribution in [2.75, 3.05) is 12.0 Å². The molecule has 2 aliphatic rings. The molecule has 5 heteroatoms. The van der Waals surface area contributed by atoms with Crippen molar-refractivity contribution < 1.29 is 9.13 Å². The van der Waals surface area contributed by atoms with Crippen LogP contribution >= 0.6 is 11.8 Å². The SMILES string of the molecule is CSCCC1Oc2ccccc2C2CC(c3ccc(F)cc3)=NN12. The molecule has 2 aliphatic heterocycles. The molecule has 0 radical (unpaired) electrons. The normalized spacial score (nSPS) is 21.8. The van der Waals surface area contributed by atoms with E-state index in [1.165, 1.54) is 17.7 Å². The highest BCUT2D eigenvalue weighted by molar-refractivity contribution is 7.98. The Hall–Kier alpha value is -2.01. The van der Waals surface area contributed by atoms with Gasteiger partial charge in [-0.3, -0.25) is 5.01 Å². The first-order chi connectivity index (χ1) is 11.8. The van der Waals surface area contributed by atoms with Crippen LogP contribution in [-0.4, -0.2) is 29.0 Å². The molecule has 2 aromatic rings. The Bertz CT molecular complexity index is 762. The van der Waals surface area contributed by atoms with Crippen molar-refractivity contribution in [3.05, 3.63) is 65.5 Å². The first-order valence-electron chi connectivity index (χ1n) is 8.12. The van der Waals surface area contributed by atoms with E-state index in [1.54, 1.807) is 12.1 Å². The summed E-state index contributed by atoms with van der Waals surface area (Å²) in [5, 5.41) is 6.93. The lowest BCUT2D eigenvalue weighted by molar-refractivity contribution is -0.0180. The average molecular weight is 342 g/mol. The van der Waals surface area contributed by atoms with Gasteiger partial charge in [-0.25, -0.2) is 4.39 Å². The van der Waals surface area contributed by atoms with Gasteiger partial charge in [-0.15, -0.1) is 0 Å². The maximum atomic E-state index is 13.2. The van der Waals surface area contributed by atoms with E-state index in [1.807, 2.05) is 30.0 Å². The van der Waals surface area contributed by atoms with Gasteiger partial charge in [-0.05, 0) is 35.8 Å². The maximum absolute atomic E-state index is 13.2. The van der Waals surface area contributed by atoms with Crippen molar-refractivity contribution >= 4 is 17.5 Å². The molecule has 0 saturated heterocycles. The molecule has 0 saturated carbocycles. The molecule has 2 aromatic carbocycles. The Morgan fingerprint density at radius 2 is 2.00 bits per heavy atom. The van der Waals surface area contributed by atoms with Crippen LogP contribution in [0.4, 0.5) is 4.39 Å². The minimum absolute atomic E-state index is 0.0460. The third kappa shape index (κ3) is 2.77. The zero-order valence-corrected chi connectivity index (χ0v) is 14.3. The predicted octanol–water partition coefficient (Wildman–Crippen LogP) is 4.45. The molecule has 3 nitrogen and oxygen atoms in total. The van der Waals surface area contributed by atoms with Crippen LogP contribution in [0.2, 0.25) is 0 Å². The lowest BCUT2D eigenvalue weighted by Gasteiger charge is -2.38. The summed E-state index contributed by atoms with van der Waals surface area (Å²) in [5.74, 6) is 1.76. The number of hydrazone groups is 1. The highest BCUT2D eigenvalue weighted by Crippen LogP contribution is 2.43. The summed E-state index contributed by atoms with van der Waals surface area (Å²) in [6.07, 6.45) is 3.80. The van der Waals surface area contributed by atoms with Crippen molar-refractivity contribution in [2.45, 2.75) is 25.1 Å². The molecule has 0 amide bonds. The Labute approximate surface area is 145 Å². The van der Waals surface area contributed by atoms with E-state index in [4.69, 9.17) is 9.84 Å². The van der Waals surface area contributed by atoms with Gasteiger partial charge in [-0.1, -0.05) is 30.3 Å². The smallest absolute Gasteiger partial charge is 0.188 e. The molecule has 24 heavy (non-hydrogen) atoms. The predicted molar refractivity (Wildman–Crippen MR) is 96.0 cm³/mol. The number of nitrogens with zero attached hydrogens (tertiary/aromatic N) is 2. The highest BCUT2D eigenvalue weighted by Gasteiger charge is 2.39. The largest absolute Gasteiger partial charge is 0.469 e. The summed E-state index contributed by atoms with van der Waals surface area (Å²) in [6, 6.07) is 15.0. The van der Waals surface area contributed by atoms with Gasteiger partial charge in [0.2, 0.25) is 0 Å². The summed E-state index contributed by atoms with van der Waals surface area (Å²) in [5.41, 5.74) is 3.15. The van der Waals surface area contributed by atoms with Crippen molar-refractivity contribution in [2.24, 2.45) is 5.10 Å². The summed E-state index contributed by atoms with van der Waals surface area (Å²) < 4.78 is 19.4. The fraction of sp³-hybridized carbons (Fsp3) is 0.316. The van der Waals surface area contributed by atoms with Gasteiger partial charge < -0.3 is 4.74 Å². The van der Waals surface area contributed by atoms with Gasteiger partial charge in [0.15, 0.2) is 6.23 Å². The maximum Gasteiger partial charge on any atom is 0.188 e. The van der Waals surface area contributed by atoms with E-state index in [-0.39, 0.29) is 18.1 Å². The number of benzene rings is 2. The zero-order valence-electron chi connectivity index (χ0n) is 13.5. The van der Waals surface area contributed by atoms with Crippen molar-refractivity contribution in [3.63, 3.8) is 0 Å². The van der Waals surface area contributed by atoms with Crippen molar-refractivity contribution in [1.82, 2.24) is 5.01 Å². The zero-order chi connectivity index (χ0) is 16.5.